The summed E-state index contributed by atoms with van der Waals surface area (Å²) in [5, 5.41) is 9.06. The molecule has 2 unspecified atom stereocenters. The molecule has 0 rings (SSSR count). The lowest BCUT2D eigenvalue weighted by Crippen LogP contribution is -2.45. The number of alkyl halides is 9. The van der Waals surface area contributed by atoms with E-state index in [1.165, 1.54) is 0 Å². The number of nitrogens with one attached hydrogen (secondary N) is 1. The fourth-order valence-electron chi connectivity index (χ4n) is 1.31. The molecule has 0 aromatic rings. The highest BCUT2D eigenvalue weighted by atomic mass is 19.4. The topological polar surface area (TPSA) is 66.4 Å². The average molecular weight is 349 g/mol. The third-order valence-electron chi connectivity index (χ3n) is 2.44. The van der Waals surface area contributed by atoms with E-state index in [0.717, 1.165) is 5.32 Å². The van der Waals surface area contributed by atoms with Crippen molar-refractivity contribution >= 4 is 11.9 Å². The minimum absolute atomic E-state index is 0.781. The Morgan fingerprint density at radius 3 is 1.64 bits per heavy atom. The van der Waals surface area contributed by atoms with Crippen LogP contribution in [0.15, 0.2) is 0 Å². The van der Waals surface area contributed by atoms with Gasteiger partial charge in [0.05, 0.1) is 5.92 Å². The largest absolute Gasteiger partial charge is 0.481 e. The van der Waals surface area contributed by atoms with Crippen LogP contribution >= 0.6 is 0 Å². The lowest BCUT2D eigenvalue weighted by molar-refractivity contribution is -0.216. The smallest absolute Gasteiger partial charge is 0.471 e. The quantitative estimate of drug-likeness (QED) is 0.750. The molecule has 0 saturated heterocycles. The van der Waals surface area contributed by atoms with Crippen molar-refractivity contribution in [2.24, 2.45) is 11.8 Å². The van der Waals surface area contributed by atoms with Gasteiger partial charge in [0, 0.05) is 6.54 Å². The van der Waals surface area contributed by atoms with Crippen LogP contribution in [0.2, 0.25) is 0 Å². The summed E-state index contributed by atoms with van der Waals surface area (Å²) in [5.74, 6) is -11.9. The number of halogens is 9. The van der Waals surface area contributed by atoms with E-state index >= 15 is 0 Å². The van der Waals surface area contributed by atoms with Crippen LogP contribution in [0.3, 0.4) is 0 Å². The molecule has 4 nitrogen and oxygen atoms in total. The number of amides is 1. The van der Waals surface area contributed by atoms with E-state index in [1.54, 1.807) is 0 Å². The zero-order valence-electron chi connectivity index (χ0n) is 10.2. The maximum absolute atomic E-state index is 12.5. The molecule has 13 heteroatoms. The molecule has 0 bridgehead atoms. The molecule has 2 atom stereocenters. The summed E-state index contributed by atoms with van der Waals surface area (Å²) in [4.78, 5) is 20.7. The molecular formula is C9H8F9NO3. The fourth-order valence-corrected chi connectivity index (χ4v) is 1.31. The third kappa shape index (κ3) is 6.39. The molecule has 0 aliphatic heterocycles. The Morgan fingerprint density at radius 1 is 0.909 bits per heavy atom. The number of hydrogen-bond donors (Lipinski definition) is 2. The van der Waals surface area contributed by atoms with Gasteiger partial charge in [-0.25, -0.2) is 0 Å². The first-order chi connectivity index (χ1) is 9.56. The van der Waals surface area contributed by atoms with Crippen LogP contribution < -0.4 is 5.32 Å². The van der Waals surface area contributed by atoms with Gasteiger partial charge in [0.1, 0.15) is 0 Å². The number of carbonyl (C=O) groups excluding carboxylic acids is 1. The Morgan fingerprint density at radius 2 is 1.36 bits per heavy atom. The van der Waals surface area contributed by atoms with E-state index in [4.69, 9.17) is 5.11 Å². The van der Waals surface area contributed by atoms with Crippen LogP contribution in [0.1, 0.15) is 6.42 Å². The molecule has 0 fully saturated rings. The summed E-state index contributed by atoms with van der Waals surface area (Å²) >= 11 is 0. The van der Waals surface area contributed by atoms with E-state index in [0.29, 0.717) is 0 Å². The zero-order valence-corrected chi connectivity index (χ0v) is 10.2. The highest BCUT2D eigenvalue weighted by Crippen LogP contribution is 2.37. The SMILES string of the molecule is O=C(O)C(CC(CNC(=O)C(F)(F)F)C(F)(F)F)C(F)(F)F. The molecule has 0 radical (unpaired) electrons. The molecule has 0 aliphatic carbocycles. The molecule has 0 aromatic carbocycles. The Labute approximate surface area is 116 Å². The van der Waals surface area contributed by atoms with Crippen molar-refractivity contribution in [3.05, 3.63) is 0 Å². The van der Waals surface area contributed by atoms with Crippen molar-refractivity contribution in [3.63, 3.8) is 0 Å². The monoisotopic (exact) mass is 349 g/mol. The highest BCUT2D eigenvalue weighted by molar-refractivity contribution is 5.81. The lowest BCUT2D eigenvalue weighted by atomic mass is 9.93. The van der Waals surface area contributed by atoms with Crippen LogP contribution in [0.25, 0.3) is 0 Å². The summed E-state index contributed by atoms with van der Waals surface area (Å²) < 4.78 is 110. The summed E-state index contributed by atoms with van der Waals surface area (Å²) in [5.41, 5.74) is 0. The zero-order chi connectivity index (χ0) is 17.9. The Kier molecular flexibility index (Phi) is 6.10. The van der Waals surface area contributed by atoms with Gasteiger partial charge in [-0.2, -0.15) is 39.5 Å². The van der Waals surface area contributed by atoms with Crippen molar-refractivity contribution in [1.29, 1.82) is 0 Å². The third-order valence-corrected chi connectivity index (χ3v) is 2.44. The van der Waals surface area contributed by atoms with Crippen LogP contribution in [0.5, 0.6) is 0 Å². The first-order valence-corrected chi connectivity index (χ1v) is 5.28. The lowest BCUT2D eigenvalue weighted by Gasteiger charge is -2.25. The van der Waals surface area contributed by atoms with Gasteiger partial charge in [0.15, 0.2) is 5.92 Å². The summed E-state index contributed by atoms with van der Waals surface area (Å²) in [6.07, 6.45) is -18.5. The van der Waals surface area contributed by atoms with Crippen molar-refractivity contribution in [2.75, 3.05) is 6.54 Å². The molecule has 22 heavy (non-hydrogen) atoms. The van der Waals surface area contributed by atoms with E-state index in [-0.39, 0.29) is 0 Å². The number of carbonyl (C=O) groups is 2. The molecule has 1 amide bonds. The number of hydrogen-bond acceptors (Lipinski definition) is 2. The van der Waals surface area contributed by atoms with E-state index < -0.39 is 55.2 Å². The van der Waals surface area contributed by atoms with Gasteiger partial charge in [-0.3, -0.25) is 9.59 Å². The first-order valence-electron chi connectivity index (χ1n) is 5.28. The van der Waals surface area contributed by atoms with Crippen molar-refractivity contribution < 1.29 is 54.2 Å². The number of rotatable bonds is 5. The van der Waals surface area contributed by atoms with Gasteiger partial charge in [-0.15, -0.1) is 0 Å². The maximum Gasteiger partial charge on any atom is 0.471 e. The standard InChI is InChI=1S/C9H8F9NO3/c10-7(11,12)3(2-19-6(22)9(16,17)18)1-4(5(20)21)8(13,14)15/h3-4H,1-2H2,(H,19,22)(H,20,21). The molecule has 0 heterocycles. The van der Waals surface area contributed by atoms with Crippen molar-refractivity contribution in [1.82, 2.24) is 5.32 Å². The maximum atomic E-state index is 12.5. The van der Waals surface area contributed by atoms with Crippen LogP contribution in [-0.2, 0) is 9.59 Å². The minimum Gasteiger partial charge on any atom is -0.481 e. The normalized spacial score (nSPS) is 16.0. The molecule has 2 N–H and O–H groups in total. The first kappa shape index (κ1) is 20.3. The van der Waals surface area contributed by atoms with Gasteiger partial charge in [-0.05, 0) is 6.42 Å². The minimum atomic E-state index is -5.52. The molecular weight excluding hydrogens is 341 g/mol. The second kappa shape index (κ2) is 6.60. The molecule has 130 valence electrons. The van der Waals surface area contributed by atoms with Crippen molar-refractivity contribution in [3.8, 4) is 0 Å². The molecule has 0 aromatic heterocycles. The Bertz CT molecular complexity index is 412. The second-order valence-electron chi connectivity index (χ2n) is 4.11. The highest BCUT2D eigenvalue weighted by Gasteiger charge is 2.51. The summed E-state index contributed by atoms with van der Waals surface area (Å²) in [6.45, 7) is -1.83. The average Bonchev–Trinajstić information content (AvgIpc) is 2.22. The van der Waals surface area contributed by atoms with E-state index in [1.807, 2.05) is 0 Å². The van der Waals surface area contributed by atoms with Gasteiger partial charge in [0.25, 0.3) is 0 Å². The molecule has 0 saturated carbocycles. The van der Waals surface area contributed by atoms with Gasteiger partial charge in [-0.1, -0.05) is 0 Å². The van der Waals surface area contributed by atoms with E-state index in [9.17, 15) is 49.1 Å². The van der Waals surface area contributed by atoms with Crippen LogP contribution in [0, 0.1) is 11.8 Å². The second-order valence-corrected chi connectivity index (χ2v) is 4.11. The van der Waals surface area contributed by atoms with Gasteiger partial charge < -0.3 is 10.4 Å². The van der Waals surface area contributed by atoms with Gasteiger partial charge in [0.2, 0.25) is 0 Å². The Balaban J connectivity index is 5.09. The predicted octanol–water partition coefficient (Wildman–Crippen LogP) is 2.50. The van der Waals surface area contributed by atoms with Crippen LogP contribution in [-0.4, -0.2) is 42.1 Å². The molecule has 0 aliphatic rings. The van der Waals surface area contributed by atoms with Crippen LogP contribution in [0.4, 0.5) is 39.5 Å². The summed E-state index contributed by atoms with van der Waals surface area (Å²) in [6, 6.07) is 0. The summed E-state index contributed by atoms with van der Waals surface area (Å²) in [7, 11) is 0. The Hall–Kier alpha value is -1.69. The number of carboxylic acids is 1. The van der Waals surface area contributed by atoms with Crippen molar-refractivity contribution in [2.45, 2.75) is 24.9 Å². The fraction of sp³-hybridized carbons (Fsp3) is 0.778. The van der Waals surface area contributed by atoms with Gasteiger partial charge >= 0.3 is 30.4 Å². The molecule has 0 spiro atoms. The number of carboxylic acid groups (broad SMARTS) is 1. The predicted molar refractivity (Wildman–Crippen MR) is 50.4 cm³/mol. The van der Waals surface area contributed by atoms with E-state index in [2.05, 4.69) is 0 Å². The number of aliphatic carboxylic acids is 1.